The summed E-state index contributed by atoms with van der Waals surface area (Å²) in [6.07, 6.45) is 0. The Morgan fingerprint density at radius 2 is 2.00 bits per heavy atom. The summed E-state index contributed by atoms with van der Waals surface area (Å²) in [4.78, 5) is 18.6. The predicted molar refractivity (Wildman–Crippen MR) is 119 cm³/mol. The fourth-order valence-corrected chi connectivity index (χ4v) is 4.05. The van der Waals surface area contributed by atoms with Gasteiger partial charge in [0.15, 0.2) is 17.3 Å². The van der Waals surface area contributed by atoms with Gasteiger partial charge in [-0.1, -0.05) is 24.3 Å². The molecule has 152 valence electrons. The van der Waals surface area contributed by atoms with Gasteiger partial charge in [-0.25, -0.2) is 4.98 Å². The van der Waals surface area contributed by atoms with Crippen LogP contribution in [0.25, 0.3) is 10.9 Å². The van der Waals surface area contributed by atoms with E-state index in [9.17, 15) is 10.1 Å². The zero-order valence-electron chi connectivity index (χ0n) is 16.2. The number of aromatic nitrogens is 1. The molecule has 3 heterocycles. The van der Waals surface area contributed by atoms with Gasteiger partial charge in [0.25, 0.3) is 5.91 Å². The Balaban J connectivity index is 1.52. The second-order valence-corrected chi connectivity index (χ2v) is 7.83. The molecule has 0 spiro atoms. The second kappa shape index (κ2) is 7.97. The van der Waals surface area contributed by atoms with E-state index in [0.29, 0.717) is 34.8 Å². The number of nitrogens with zero attached hydrogens (tertiary/aromatic N) is 2. The van der Waals surface area contributed by atoms with E-state index in [1.165, 1.54) is 0 Å². The fraction of sp³-hybridized carbons (Fsp3) is 0.0870. The lowest BCUT2D eigenvalue weighted by Gasteiger charge is -2.15. The summed E-state index contributed by atoms with van der Waals surface area (Å²) in [5.41, 5.74) is 1.99. The maximum absolute atomic E-state index is 12.9. The number of benzene rings is 2. The number of carbonyl (C=O) groups excluding carboxylic acids is 1. The number of fused-ring (bicyclic) bond motifs is 2. The first-order chi connectivity index (χ1) is 15.2. The summed E-state index contributed by atoms with van der Waals surface area (Å²) >= 11 is 1.63. The number of amides is 1. The summed E-state index contributed by atoms with van der Waals surface area (Å²) in [5, 5.41) is 18.9. The van der Waals surface area contributed by atoms with Crippen LogP contribution in [0.3, 0.4) is 0 Å². The Bertz CT molecular complexity index is 1330. The first-order valence-corrected chi connectivity index (χ1v) is 10.4. The lowest BCUT2D eigenvalue weighted by atomic mass is 10.1. The van der Waals surface area contributed by atoms with Crippen molar-refractivity contribution in [3.8, 4) is 17.6 Å². The van der Waals surface area contributed by atoms with Crippen LogP contribution in [-0.4, -0.2) is 17.7 Å². The fourth-order valence-electron chi connectivity index (χ4n) is 3.40. The monoisotopic (exact) mass is 428 g/mol. The van der Waals surface area contributed by atoms with E-state index in [1.807, 2.05) is 41.8 Å². The number of rotatable bonds is 5. The lowest BCUT2D eigenvalue weighted by Crippen LogP contribution is -2.15. The van der Waals surface area contributed by atoms with E-state index in [-0.39, 0.29) is 24.1 Å². The Kier molecular flexibility index (Phi) is 4.86. The molecule has 2 aromatic heterocycles. The van der Waals surface area contributed by atoms with Gasteiger partial charge in [-0.2, -0.15) is 5.26 Å². The maximum Gasteiger partial charge on any atom is 0.256 e. The summed E-state index contributed by atoms with van der Waals surface area (Å²) in [5.74, 6) is 0.926. The molecule has 31 heavy (non-hydrogen) atoms. The van der Waals surface area contributed by atoms with Crippen LogP contribution in [0.2, 0.25) is 0 Å². The number of hydrogen-bond donors (Lipinski definition) is 2. The number of thiophene rings is 1. The number of pyridine rings is 1. The molecular formula is C23H16N4O3S. The quantitative estimate of drug-likeness (QED) is 0.476. The van der Waals surface area contributed by atoms with Gasteiger partial charge in [0.2, 0.25) is 6.79 Å². The summed E-state index contributed by atoms with van der Waals surface area (Å²) < 4.78 is 10.6. The first-order valence-electron chi connectivity index (χ1n) is 9.53. The Labute approximate surface area is 181 Å². The van der Waals surface area contributed by atoms with Gasteiger partial charge in [0.05, 0.1) is 11.2 Å². The third-order valence-electron chi connectivity index (χ3n) is 4.89. The second-order valence-electron chi connectivity index (χ2n) is 6.79. The molecule has 4 aromatic rings. The average molecular weight is 428 g/mol. The van der Waals surface area contributed by atoms with E-state index in [0.717, 1.165) is 10.3 Å². The van der Waals surface area contributed by atoms with Crippen LogP contribution in [0.1, 0.15) is 20.8 Å². The average Bonchev–Trinajstić information content (AvgIpc) is 3.48. The van der Waals surface area contributed by atoms with Crippen molar-refractivity contribution < 1.29 is 14.3 Å². The molecule has 2 N–H and O–H groups in total. The van der Waals surface area contributed by atoms with Gasteiger partial charge in [0.1, 0.15) is 11.6 Å². The van der Waals surface area contributed by atoms with Crippen molar-refractivity contribution in [3.63, 3.8) is 0 Å². The number of carbonyl (C=O) groups is 1. The zero-order chi connectivity index (χ0) is 21.2. The number of hydrogen-bond acceptors (Lipinski definition) is 7. The third-order valence-corrected chi connectivity index (χ3v) is 5.77. The highest BCUT2D eigenvalue weighted by Gasteiger charge is 2.20. The smallest absolute Gasteiger partial charge is 0.256 e. The minimum absolute atomic E-state index is 0.129. The molecule has 8 heteroatoms. The van der Waals surface area contributed by atoms with Crippen molar-refractivity contribution in [3.05, 3.63) is 76.0 Å². The third kappa shape index (κ3) is 3.63. The van der Waals surface area contributed by atoms with Crippen molar-refractivity contribution in [1.29, 1.82) is 5.26 Å². The summed E-state index contributed by atoms with van der Waals surface area (Å²) in [7, 11) is 0. The largest absolute Gasteiger partial charge is 0.454 e. The summed E-state index contributed by atoms with van der Waals surface area (Å²) in [6.45, 7) is 0.695. The van der Waals surface area contributed by atoms with Crippen LogP contribution in [0.15, 0.2) is 60.0 Å². The lowest BCUT2D eigenvalue weighted by molar-refractivity contribution is 0.102. The van der Waals surface area contributed by atoms with Gasteiger partial charge in [0, 0.05) is 22.4 Å². The van der Waals surface area contributed by atoms with Crippen molar-refractivity contribution in [2.45, 2.75) is 6.54 Å². The molecular weight excluding hydrogens is 412 g/mol. The molecule has 2 aromatic carbocycles. The highest BCUT2D eigenvalue weighted by molar-refractivity contribution is 7.09. The standard InChI is InChI=1S/C23H16N4O3S/c24-11-17-21(25-12-15-4-3-9-31-15)16-5-1-2-6-18(16)26-22(17)27-23(28)14-7-8-19-20(10-14)30-13-29-19/h1-10H,12-13H2,(H2,25,26,27,28). The topological polar surface area (TPSA) is 96.3 Å². The minimum atomic E-state index is -0.387. The SMILES string of the molecule is N#Cc1c(NC(=O)c2ccc3c(c2)OCO3)nc2ccccc2c1NCc1cccs1. The van der Waals surface area contributed by atoms with Gasteiger partial charge in [-0.05, 0) is 35.7 Å². The van der Waals surface area contributed by atoms with Crippen LogP contribution >= 0.6 is 11.3 Å². The summed E-state index contributed by atoms with van der Waals surface area (Å²) in [6, 6.07) is 18.7. The highest BCUT2D eigenvalue weighted by Crippen LogP contribution is 2.34. The normalized spacial score (nSPS) is 11.8. The van der Waals surface area contributed by atoms with E-state index in [2.05, 4.69) is 21.7 Å². The molecule has 5 rings (SSSR count). The molecule has 0 radical (unpaired) electrons. The van der Waals surface area contributed by atoms with Crippen molar-refractivity contribution in [2.75, 3.05) is 17.4 Å². The van der Waals surface area contributed by atoms with E-state index in [1.54, 1.807) is 29.5 Å². The molecule has 0 saturated heterocycles. The molecule has 1 amide bonds. The van der Waals surface area contributed by atoms with Gasteiger partial charge >= 0.3 is 0 Å². The first kappa shape index (κ1) is 18.9. The maximum atomic E-state index is 12.9. The number of nitrogens with one attached hydrogen (secondary N) is 2. The number of ether oxygens (including phenoxy) is 2. The number of anilines is 2. The zero-order valence-corrected chi connectivity index (χ0v) is 17.0. The van der Waals surface area contributed by atoms with E-state index >= 15 is 0 Å². The van der Waals surface area contributed by atoms with Crippen molar-refractivity contribution >= 4 is 39.7 Å². The predicted octanol–water partition coefficient (Wildman–Crippen LogP) is 4.76. The van der Waals surface area contributed by atoms with Gasteiger partial charge in [-0.15, -0.1) is 11.3 Å². The highest BCUT2D eigenvalue weighted by atomic mass is 32.1. The molecule has 0 atom stereocenters. The van der Waals surface area contributed by atoms with Crippen molar-refractivity contribution in [2.24, 2.45) is 0 Å². The molecule has 0 aliphatic carbocycles. The van der Waals surface area contributed by atoms with E-state index in [4.69, 9.17) is 9.47 Å². The van der Waals surface area contributed by atoms with Crippen LogP contribution in [0, 0.1) is 11.3 Å². The Morgan fingerprint density at radius 3 is 2.84 bits per heavy atom. The molecule has 7 nitrogen and oxygen atoms in total. The van der Waals surface area contributed by atoms with Crippen molar-refractivity contribution in [1.82, 2.24) is 4.98 Å². The van der Waals surface area contributed by atoms with Gasteiger partial charge in [-0.3, -0.25) is 4.79 Å². The molecule has 0 bridgehead atoms. The van der Waals surface area contributed by atoms with E-state index < -0.39 is 0 Å². The number of nitriles is 1. The Morgan fingerprint density at radius 1 is 1.13 bits per heavy atom. The minimum Gasteiger partial charge on any atom is -0.454 e. The molecule has 1 aliphatic heterocycles. The van der Waals surface area contributed by atoms with Crippen LogP contribution in [0.5, 0.6) is 11.5 Å². The Hall–Kier alpha value is -4.09. The van der Waals surface area contributed by atoms with Crippen LogP contribution in [0.4, 0.5) is 11.5 Å². The van der Waals surface area contributed by atoms with Gasteiger partial charge < -0.3 is 20.1 Å². The van der Waals surface area contributed by atoms with Crippen LogP contribution in [-0.2, 0) is 6.54 Å². The molecule has 1 aliphatic rings. The molecule has 0 fully saturated rings. The molecule has 0 saturated carbocycles. The number of para-hydroxylation sites is 1. The van der Waals surface area contributed by atoms with Crippen LogP contribution < -0.4 is 20.1 Å². The molecule has 0 unspecified atom stereocenters.